The summed E-state index contributed by atoms with van der Waals surface area (Å²) in [6, 6.07) is 5.68. The quantitative estimate of drug-likeness (QED) is 0.712. The van der Waals surface area contributed by atoms with Crippen LogP contribution in [0.2, 0.25) is 0 Å². The van der Waals surface area contributed by atoms with E-state index in [-0.39, 0.29) is 5.69 Å². The summed E-state index contributed by atoms with van der Waals surface area (Å²) in [5, 5.41) is 0. The van der Waals surface area contributed by atoms with Gasteiger partial charge in [0, 0.05) is 12.2 Å². The zero-order valence-electron chi connectivity index (χ0n) is 9.43. The Morgan fingerprint density at radius 3 is 2.47 bits per heavy atom. The zero-order chi connectivity index (χ0) is 12.5. The van der Waals surface area contributed by atoms with Gasteiger partial charge in [0.25, 0.3) is 0 Å². The number of rotatable bonds is 1. The molecule has 92 valence electrons. The largest absolute Gasteiger partial charge is 0.418 e. The summed E-state index contributed by atoms with van der Waals surface area (Å²) in [7, 11) is 0. The highest BCUT2D eigenvalue weighted by atomic mass is 19.4. The number of alkyl halides is 3. The van der Waals surface area contributed by atoms with Gasteiger partial charge in [-0.25, -0.2) is 0 Å². The predicted molar refractivity (Wildman–Crippen MR) is 61.8 cm³/mol. The molecule has 0 spiro atoms. The molecule has 4 heteroatoms. The minimum absolute atomic E-state index is 0.227. The minimum atomic E-state index is -4.31. The summed E-state index contributed by atoms with van der Waals surface area (Å²) in [6.45, 7) is 4.47. The van der Waals surface area contributed by atoms with Gasteiger partial charge in [-0.2, -0.15) is 13.2 Å². The Morgan fingerprint density at radius 2 is 1.82 bits per heavy atom. The second-order valence-electron chi connectivity index (χ2n) is 4.19. The normalized spacial score (nSPS) is 17.4. The van der Waals surface area contributed by atoms with Gasteiger partial charge in [-0.05, 0) is 31.4 Å². The summed E-state index contributed by atoms with van der Waals surface area (Å²) in [4.78, 5) is 1.69. The average Bonchev–Trinajstić information content (AvgIpc) is 2.28. The lowest BCUT2D eigenvalue weighted by Crippen LogP contribution is -2.29. The van der Waals surface area contributed by atoms with E-state index in [1.807, 2.05) is 0 Å². The molecule has 0 amide bonds. The standard InChI is InChI=1S/C13H14F3N/c1-10-6-4-5-9-17(10)12-8-3-2-7-11(12)13(14,15)16/h2-3,7-8H,1,4-6,9H2. The molecule has 0 atom stereocenters. The first-order chi connectivity index (χ1) is 8.00. The van der Waals surface area contributed by atoms with Crippen molar-refractivity contribution >= 4 is 5.69 Å². The van der Waals surface area contributed by atoms with Crippen LogP contribution in [0.1, 0.15) is 24.8 Å². The molecule has 1 aromatic rings. The van der Waals surface area contributed by atoms with Gasteiger partial charge in [0.1, 0.15) is 0 Å². The Hall–Kier alpha value is -1.45. The van der Waals surface area contributed by atoms with E-state index in [1.165, 1.54) is 12.1 Å². The first kappa shape index (κ1) is 12.0. The summed E-state index contributed by atoms with van der Waals surface area (Å²) < 4.78 is 38.6. The summed E-state index contributed by atoms with van der Waals surface area (Å²) >= 11 is 0. The molecule has 0 radical (unpaired) electrons. The molecule has 1 heterocycles. The average molecular weight is 241 g/mol. The SMILES string of the molecule is C=C1CCCCN1c1ccccc1C(F)(F)F. The number of halogens is 3. The molecule has 0 bridgehead atoms. The van der Waals surface area contributed by atoms with Crippen LogP contribution in [0.25, 0.3) is 0 Å². The molecular weight excluding hydrogens is 227 g/mol. The number of allylic oxidation sites excluding steroid dienone is 1. The van der Waals surface area contributed by atoms with Gasteiger partial charge >= 0.3 is 6.18 Å². The molecule has 0 aliphatic carbocycles. The molecule has 2 rings (SSSR count). The predicted octanol–water partition coefficient (Wildman–Crippen LogP) is 4.21. The summed E-state index contributed by atoms with van der Waals surface area (Å²) in [6.07, 6.45) is -1.63. The van der Waals surface area contributed by atoms with Crippen molar-refractivity contribution in [2.45, 2.75) is 25.4 Å². The maximum absolute atomic E-state index is 12.9. The van der Waals surface area contributed by atoms with Crippen molar-refractivity contribution in [3.63, 3.8) is 0 Å². The Bertz CT molecular complexity index is 423. The van der Waals surface area contributed by atoms with Gasteiger partial charge in [-0.15, -0.1) is 0 Å². The van der Waals surface area contributed by atoms with Crippen molar-refractivity contribution < 1.29 is 13.2 Å². The highest BCUT2D eigenvalue weighted by Crippen LogP contribution is 2.38. The first-order valence-corrected chi connectivity index (χ1v) is 5.61. The molecule has 1 aliphatic heterocycles. The number of para-hydroxylation sites is 1. The lowest BCUT2D eigenvalue weighted by atomic mass is 10.0. The van der Waals surface area contributed by atoms with Gasteiger partial charge in [-0.3, -0.25) is 0 Å². The van der Waals surface area contributed by atoms with Gasteiger partial charge < -0.3 is 4.90 Å². The van der Waals surface area contributed by atoms with Crippen molar-refractivity contribution in [2.24, 2.45) is 0 Å². The fraction of sp³-hybridized carbons (Fsp3) is 0.385. The molecule has 1 nitrogen and oxygen atoms in total. The summed E-state index contributed by atoms with van der Waals surface area (Å²) in [5.41, 5.74) is 0.417. The molecule has 1 aliphatic rings. The Morgan fingerprint density at radius 1 is 1.12 bits per heavy atom. The fourth-order valence-corrected chi connectivity index (χ4v) is 2.13. The third-order valence-corrected chi connectivity index (χ3v) is 2.98. The number of benzene rings is 1. The summed E-state index contributed by atoms with van der Waals surface area (Å²) in [5.74, 6) is 0. The Kier molecular flexibility index (Phi) is 3.13. The van der Waals surface area contributed by atoms with E-state index in [2.05, 4.69) is 6.58 Å². The molecule has 17 heavy (non-hydrogen) atoms. The number of nitrogens with zero attached hydrogens (tertiary/aromatic N) is 1. The van der Waals surface area contributed by atoms with E-state index >= 15 is 0 Å². The van der Waals surface area contributed by atoms with Crippen LogP contribution in [0.15, 0.2) is 36.5 Å². The highest BCUT2D eigenvalue weighted by molar-refractivity contribution is 5.59. The molecule has 1 aromatic carbocycles. The van der Waals surface area contributed by atoms with Gasteiger partial charge in [-0.1, -0.05) is 18.7 Å². The van der Waals surface area contributed by atoms with Gasteiger partial charge in [0.2, 0.25) is 0 Å². The first-order valence-electron chi connectivity index (χ1n) is 5.61. The minimum Gasteiger partial charge on any atom is -0.345 e. The lowest BCUT2D eigenvalue weighted by Gasteiger charge is -2.32. The number of anilines is 1. The number of piperidine rings is 1. The zero-order valence-corrected chi connectivity index (χ0v) is 9.43. The molecular formula is C13H14F3N. The maximum Gasteiger partial charge on any atom is 0.418 e. The number of hydrogen-bond acceptors (Lipinski definition) is 1. The van der Waals surface area contributed by atoms with E-state index in [0.29, 0.717) is 6.54 Å². The van der Waals surface area contributed by atoms with Crippen LogP contribution in [0.3, 0.4) is 0 Å². The van der Waals surface area contributed by atoms with E-state index < -0.39 is 11.7 Å². The Balaban J connectivity index is 2.41. The third kappa shape index (κ3) is 2.46. The van der Waals surface area contributed by atoms with Crippen LogP contribution in [0, 0.1) is 0 Å². The second-order valence-corrected chi connectivity index (χ2v) is 4.19. The van der Waals surface area contributed by atoms with Crippen molar-refractivity contribution in [1.82, 2.24) is 0 Å². The van der Waals surface area contributed by atoms with E-state index in [4.69, 9.17) is 0 Å². The van der Waals surface area contributed by atoms with Crippen LogP contribution in [-0.2, 0) is 6.18 Å². The van der Waals surface area contributed by atoms with Gasteiger partial charge in [0.15, 0.2) is 0 Å². The van der Waals surface area contributed by atoms with Crippen LogP contribution in [0.5, 0.6) is 0 Å². The van der Waals surface area contributed by atoms with Crippen LogP contribution in [0.4, 0.5) is 18.9 Å². The Labute approximate surface area is 98.5 Å². The topological polar surface area (TPSA) is 3.24 Å². The third-order valence-electron chi connectivity index (χ3n) is 2.98. The monoisotopic (exact) mass is 241 g/mol. The van der Waals surface area contributed by atoms with E-state index in [9.17, 15) is 13.2 Å². The fourth-order valence-electron chi connectivity index (χ4n) is 2.13. The molecule has 0 N–H and O–H groups in total. The smallest absolute Gasteiger partial charge is 0.345 e. The molecule has 0 saturated carbocycles. The van der Waals surface area contributed by atoms with E-state index in [1.54, 1.807) is 11.0 Å². The molecule has 0 aromatic heterocycles. The van der Waals surface area contributed by atoms with Gasteiger partial charge in [0.05, 0.1) is 11.3 Å². The van der Waals surface area contributed by atoms with Crippen molar-refractivity contribution in [3.05, 3.63) is 42.1 Å². The molecule has 1 saturated heterocycles. The highest BCUT2D eigenvalue weighted by Gasteiger charge is 2.35. The second kappa shape index (κ2) is 4.43. The van der Waals surface area contributed by atoms with Crippen molar-refractivity contribution in [1.29, 1.82) is 0 Å². The van der Waals surface area contributed by atoms with Crippen LogP contribution in [-0.4, -0.2) is 6.54 Å². The molecule has 0 unspecified atom stereocenters. The van der Waals surface area contributed by atoms with Crippen LogP contribution >= 0.6 is 0 Å². The van der Waals surface area contributed by atoms with E-state index in [0.717, 1.165) is 31.0 Å². The van der Waals surface area contributed by atoms with Crippen LogP contribution < -0.4 is 4.90 Å². The van der Waals surface area contributed by atoms with Crippen molar-refractivity contribution in [3.8, 4) is 0 Å². The van der Waals surface area contributed by atoms with Crippen molar-refractivity contribution in [2.75, 3.05) is 11.4 Å². The maximum atomic E-state index is 12.9. The molecule has 1 fully saturated rings. The number of hydrogen-bond donors (Lipinski definition) is 0. The lowest BCUT2D eigenvalue weighted by molar-refractivity contribution is -0.137.